The molecule has 0 spiro atoms. The first-order valence-corrected chi connectivity index (χ1v) is 7.68. The van der Waals surface area contributed by atoms with E-state index in [1.54, 1.807) is 11.3 Å². The average molecular weight is 312 g/mol. The average Bonchev–Trinajstić information content (AvgIpc) is 2.76. The molecule has 2 amide bonds. The van der Waals surface area contributed by atoms with E-state index in [0.29, 0.717) is 19.8 Å². The molecule has 2 rings (SSSR count). The van der Waals surface area contributed by atoms with Gasteiger partial charge in [-0.25, -0.2) is 9.59 Å². The van der Waals surface area contributed by atoms with E-state index in [9.17, 15) is 14.7 Å². The SMILES string of the molecule is Cc1cc(CNC(=O)NC2(C(=O)O)CCOCC2)sc1C. The third kappa shape index (κ3) is 3.74. The second-order valence-corrected chi connectivity index (χ2v) is 6.60. The van der Waals surface area contributed by atoms with Crippen LogP contribution in [0.4, 0.5) is 4.79 Å². The Morgan fingerprint density at radius 2 is 2.05 bits per heavy atom. The lowest BCUT2D eigenvalue weighted by molar-refractivity contribution is -0.148. The minimum atomic E-state index is -1.22. The van der Waals surface area contributed by atoms with Gasteiger partial charge in [-0.2, -0.15) is 0 Å². The first-order chi connectivity index (χ1) is 9.93. The Kier molecular flexibility index (Phi) is 4.84. The van der Waals surface area contributed by atoms with Crippen LogP contribution in [-0.4, -0.2) is 35.9 Å². The van der Waals surface area contributed by atoms with Gasteiger partial charge in [0, 0.05) is 35.8 Å². The topological polar surface area (TPSA) is 87.7 Å². The van der Waals surface area contributed by atoms with Crippen LogP contribution in [0.15, 0.2) is 6.07 Å². The summed E-state index contributed by atoms with van der Waals surface area (Å²) >= 11 is 1.63. The summed E-state index contributed by atoms with van der Waals surface area (Å²) in [5.74, 6) is -1.01. The summed E-state index contributed by atoms with van der Waals surface area (Å²) in [4.78, 5) is 25.7. The summed E-state index contributed by atoms with van der Waals surface area (Å²) in [5, 5.41) is 14.7. The molecule has 1 saturated heterocycles. The standard InChI is InChI=1S/C14H20N2O4S/c1-9-7-11(21-10(9)2)8-15-13(19)16-14(12(17)18)3-5-20-6-4-14/h7H,3-6,8H2,1-2H3,(H,17,18)(H2,15,16,19). The fourth-order valence-electron chi connectivity index (χ4n) is 2.28. The van der Waals surface area contributed by atoms with Gasteiger partial charge >= 0.3 is 12.0 Å². The molecular formula is C14H20N2O4S. The van der Waals surface area contributed by atoms with Gasteiger partial charge in [0.15, 0.2) is 0 Å². The fourth-order valence-corrected chi connectivity index (χ4v) is 3.27. The first kappa shape index (κ1) is 15.8. The smallest absolute Gasteiger partial charge is 0.329 e. The Hall–Kier alpha value is -1.60. The van der Waals surface area contributed by atoms with Crippen molar-refractivity contribution in [2.75, 3.05) is 13.2 Å². The van der Waals surface area contributed by atoms with Gasteiger partial charge in [0.1, 0.15) is 5.54 Å². The van der Waals surface area contributed by atoms with Crippen LogP contribution in [0, 0.1) is 13.8 Å². The van der Waals surface area contributed by atoms with E-state index in [1.165, 1.54) is 10.4 Å². The van der Waals surface area contributed by atoms with Gasteiger partial charge in [-0.1, -0.05) is 0 Å². The number of thiophene rings is 1. The van der Waals surface area contributed by atoms with Gasteiger partial charge in [0.2, 0.25) is 0 Å². The summed E-state index contributed by atoms with van der Waals surface area (Å²) < 4.78 is 5.17. The van der Waals surface area contributed by atoms with Crippen molar-refractivity contribution in [3.05, 3.63) is 21.4 Å². The molecule has 1 aromatic rings. The summed E-state index contributed by atoms with van der Waals surface area (Å²) in [7, 11) is 0. The van der Waals surface area contributed by atoms with Crippen LogP contribution in [0.2, 0.25) is 0 Å². The van der Waals surface area contributed by atoms with Gasteiger partial charge in [-0.05, 0) is 25.5 Å². The van der Waals surface area contributed by atoms with Crippen molar-refractivity contribution in [2.24, 2.45) is 0 Å². The summed E-state index contributed by atoms with van der Waals surface area (Å²) in [6, 6.07) is 1.57. The molecule has 1 fully saturated rings. The van der Waals surface area contributed by atoms with E-state index in [2.05, 4.69) is 10.6 Å². The Labute approximate surface area is 127 Å². The number of hydrogen-bond acceptors (Lipinski definition) is 4. The highest BCUT2D eigenvalue weighted by Gasteiger charge is 2.41. The minimum Gasteiger partial charge on any atom is -0.480 e. The third-order valence-corrected chi connectivity index (χ3v) is 4.90. The highest BCUT2D eigenvalue weighted by molar-refractivity contribution is 7.12. The summed E-state index contributed by atoms with van der Waals surface area (Å²) in [6.45, 7) is 5.14. The second kappa shape index (κ2) is 6.44. The molecular weight excluding hydrogens is 292 g/mol. The first-order valence-electron chi connectivity index (χ1n) is 6.86. The summed E-state index contributed by atoms with van der Waals surface area (Å²) in [6.07, 6.45) is 0.569. The Bertz CT molecular complexity index is 516. The molecule has 21 heavy (non-hydrogen) atoms. The summed E-state index contributed by atoms with van der Waals surface area (Å²) in [5.41, 5.74) is -0.0208. The number of carbonyl (C=O) groups is 2. The number of carboxylic acids is 1. The van der Waals surface area contributed by atoms with Crippen molar-refractivity contribution in [2.45, 2.75) is 38.8 Å². The number of ether oxygens (including phenoxy) is 1. The van der Waals surface area contributed by atoms with Gasteiger partial charge in [0.25, 0.3) is 0 Å². The number of urea groups is 1. The Balaban J connectivity index is 1.92. The highest BCUT2D eigenvalue weighted by Crippen LogP contribution is 2.22. The third-order valence-electron chi connectivity index (χ3n) is 3.75. The van der Waals surface area contributed by atoms with E-state index in [1.807, 2.05) is 19.9 Å². The lowest BCUT2D eigenvalue weighted by Crippen LogP contribution is -2.59. The maximum Gasteiger partial charge on any atom is 0.329 e. The van der Waals surface area contributed by atoms with Crippen LogP contribution in [0.5, 0.6) is 0 Å². The molecule has 0 unspecified atom stereocenters. The number of rotatable bonds is 4. The molecule has 1 aliphatic rings. The number of amides is 2. The number of aliphatic carboxylic acids is 1. The predicted molar refractivity (Wildman–Crippen MR) is 79.6 cm³/mol. The van der Waals surface area contributed by atoms with E-state index in [4.69, 9.17) is 4.74 Å². The number of carbonyl (C=O) groups excluding carboxylic acids is 1. The lowest BCUT2D eigenvalue weighted by atomic mass is 9.90. The van der Waals surface area contributed by atoms with Gasteiger partial charge in [-0.3, -0.25) is 0 Å². The van der Waals surface area contributed by atoms with Crippen LogP contribution in [0.3, 0.4) is 0 Å². The normalized spacial score (nSPS) is 17.2. The number of carboxylic acid groups (broad SMARTS) is 1. The molecule has 0 aliphatic carbocycles. The van der Waals surface area contributed by atoms with Crippen LogP contribution >= 0.6 is 11.3 Å². The van der Waals surface area contributed by atoms with E-state index >= 15 is 0 Å². The van der Waals surface area contributed by atoms with Crippen LogP contribution in [0.1, 0.15) is 28.2 Å². The number of hydrogen-bond donors (Lipinski definition) is 3. The molecule has 3 N–H and O–H groups in total. The molecule has 6 nitrogen and oxygen atoms in total. The maximum absolute atomic E-state index is 12.0. The van der Waals surface area contributed by atoms with Gasteiger partial charge in [-0.15, -0.1) is 11.3 Å². The molecule has 0 radical (unpaired) electrons. The zero-order chi connectivity index (χ0) is 15.5. The molecule has 1 aliphatic heterocycles. The van der Waals surface area contributed by atoms with E-state index in [0.717, 1.165) is 4.88 Å². The molecule has 116 valence electrons. The molecule has 1 aromatic heterocycles. The Morgan fingerprint density at radius 1 is 1.38 bits per heavy atom. The monoisotopic (exact) mass is 312 g/mol. The lowest BCUT2D eigenvalue weighted by Gasteiger charge is -2.33. The van der Waals surface area contributed by atoms with Crippen molar-refractivity contribution in [1.29, 1.82) is 0 Å². The Morgan fingerprint density at radius 3 is 2.57 bits per heavy atom. The maximum atomic E-state index is 12.0. The van der Waals surface area contributed by atoms with Crippen LogP contribution in [0.25, 0.3) is 0 Å². The van der Waals surface area contributed by atoms with Gasteiger partial charge < -0.3 is 20.5 Å². The molecule has 0 saturated carbocycles. The van der Waals surface area contributed by atoms with E-state index < -0.39 is 17.5 Å². The molecule has 0 atom stereocenters. The number of aryl methyl sites for hydroxylation is 2. The highest BCUT2D eigenvalue weighted by atomic mass is 32.1. The van der Waals surface area contributed by atoms with E-state index in [-0.39, 0.29) is 12.8 Å². The fraction of sp³-hybridized carbons (Fsp3) is 0.571. The van der Waals surface area contributed by atoms with Gasteiger partial charge in [0.05, 0.1) is 6.54 Å². The van der Waals surface area contributed by atoms with Crippen molar-refractivity contribution in [1.82, 2.24) is 10.6 Å². The van der Waals surface area contributed by atoms with Crippen molar-refractivity contribution in [3.63, 3.8) is 0 Å². The molecule has 0 aromatic carbocycles. The zero-order valence-corrected chi connectivity index (χ0v) is 13.0. The van der Waals surface area contributed by atoms with Crippen molar-refractivity contribution < 1.29 is 19.4 Å². The van der Waals surface area contributed by atoms with Crippen molar-refractivity contribution in [3.8, 4) is 0 Å². The van der Waals surface area contributed by atoms with Crippen molar-refractivity contribution >= 4 is 23.3 Å². The molecule has 0 bridgehead atoms. The largest absolute Gasteiger partial charge is 0.480 e. The quantitative estimate of drug-likeness (QED) is 0.791. The number of nitrogens with one attached hydrogen (secondary N) is 2. The second-order valence-electron chi connectivity index (χ2n) is 5.26. The zero-order valence-electron chi connectivity index (χ0n) is 12.2. The van der Waals surface area contributed by atoms with Crippen LogP contribution in [-0.2, 0) is 16.1 Å². The van der Waals surface area contributed by atoms with Crippen LogP contribution < -0.4 is 10.6 Å². The molecule has 2 heterocycles. The molecule has 7 heteroatoms. The minimum absolute atomic E-state index is 0.285. The predicted octanol–water partition coefficient (Wildman–Crippen LogP) is 1.80.